The van der Waals surface area contributed by atoms with Crippen molar-refractivity contribution in [3.8, 4) is 0 Å². The van der Waals surface area contributed by atoms with Crippen molar-refractivity contribution in [1.82, 2.24) is 0 Å². The maximum Gasteiger partial charge on any atom is 0.0181 e. The minimum Gasteiger partial charge on any atom is -0.0892 e. The lowest BCUT2D eigenvalue weighted by Gasteiger charge is -2.16. The van der Waals surface area contributed by atoms with Gasteiger partial charge in [-0.3, -0.25) is 0 Å². The summed E-state index contributed by atoms with van der Waals surface area (Å²) in [6.45, 7) is 15.1. The number of hydrogen-bond acceptors (Lipinski definition) is 0. The summed E-state index contributed by atoms with van der Waals surface area (Å²) in [5.74, 6) is 0. The molecule has 0 aliphatic rings. The zero-order valence-corrected chi connectivity index (χ0v) is 17.0. The van der Waals surface area contributed by atoms with Crippen LogP contribution in [0.5, 0.6) is 0 Å². The standard InChI is InChI=1S/C23H31Cl/c1-8-16(3)23(19(6)17(4)18(5)20(7)24)15-21(9-2)22-13-11-10-12-14-22/h10-15H,8-9H2,1-7H3/b19-17-,20-18?,21-15+,23-16+. The Hall–Kier alpha value is -1.53. The summed E-state index contributed by atoms with van der Waals surface area (Å²) in [7, 11) is 0. The fraction of sp³-hybridized carbons (Fsp3) is 0.391. The van der Waals surface area contributed by atoms with E-state index >= 15 is 0 Å². The molecule has 0 N–H and O–H groups in total. The SMILES string of the molecule is CC\C(=C/C(C(/C)=C(/C)C(C)=C(C)Cl)=C(/C)CC)c1ccccc1. The molecule has 130 valence electrons. The first-order chi connectivity index (χ1) is 11.3. The molecule has 1 heteroatoms. The minimum absolute atomic E-state index is 0.864. The van der Waals surface area contributed by atoms with E-state index in [1.54, 1.807) is 0 Å². The predicted octanol–water partition coefficient (Wildman–Crippen LogP) is 8.08. The zero-order chi connectivity index (χ0) is 18.3. The van der Waals surface area contributed by atoms with Crippen LogP contribution in [0.2, 0.25) is 0 Å². The summed E-state index contributed by atoms with van der Waals surface area (Å²) in [6, 6.07) is 10.7. The summed E-state index contributed by atoms with van der Waals surface area (Å²) in [4.78, 5) is 0. The van der Waals surface area contributed by atoms with E-state index in [0.29, 0.717) is 0 Å². The van der Waals surface area contributed by atoms with Gasteiger partial charge in [0.15, 0.2) is 0 Å². The van der Waals surface area contributed by atoms with Gasteiger partial charge in [-0.2, -0.15) is 0 Å². The Morgan fingerprint density at radius 3 is 1.88 bits per heavy atom. The Labute approximate surface area is 153 Å². The molecule has 0 saturated carbocycles. The fourth-order valence-corrected chi connectivity index (χ4v) is 2.84. The van der Waals surface area contributed by atoms with Crippen molar-refractivity contribution in [3.05, 3.63) is 74.9 Å². The smallest absolute Gasteiger partial charge is 0.0181 e. The summed E-state index contributed by atoms with van der Waals surface area (Å²) < 4.78 is 0. The summed E-state index contributed by atoms with van der Waals surface area (Å²) in [5.41, 5.74) is 9.17. The third-order valence-electron chi connectivity index (χ3n) is 4.88. The molecule has 0 radical (unpaired) electrons. The van der Waals surface area contributed by atoms with Crippen LogP contribution < -0.4 is 0 Å². The molecule has 0 unspecified atom stereocenters. The van der Waals surface area contributed by atoms with Crippen molar-refractivity contribution in [2.75, 3.05) is 0 Å². The molecular weight excluding hydrogens is 312 g/mol. The van der Waals surface area contributed by atoms with E-state index < -0.39 is 0 Å². The van der Waals surface area contributed by atoms with Crippen molar-refractivity contribution in [3.63, 3.8) is 0 Å². The highest BCUT2D eigenvalue weighted by molar-refractivity contribution is 6.29. The maximum absolute atomic E-state index is 6.23. The van der Waals surface area contributed by atoms with Gasteiger partial charge in [-0.25, -0.2) is 0 Å². The van der Waals surface area contributed by atoms with E-state index in [4.69, 9.17) is 11.6 Å². The molecule has 0 amide bonds. The van der Waals surface area contributed by atoms with E-state index in [2.05, 4.69) is 78.0 Å². The first kappa shape index (κ1) is 20.5. The van der Waals surface area contributed by atoms with Crippen LogP contribution in [0.1, 0.15) is 66.9 Å². The van der Waals surface area contributed by atoms with Gasteiger partial charge in [0, 0.05) is 5.03 Å². The number of halogens is 1. The number of benzene rings is 1. The lowest BCUT2D eigenvalue weighted by atomic mass is 9.90. The zero-order valence-electron chi connectivity index (χ0n) is 16.3. The molecule has 0 spiro atoms. The third kappa shape index (κ3) is 5.24. The Kier molecular flexibility index (Phi) is 8.28. The highest BCUT2D eigenvalue weighted by atomic mass is 35.5. The van der Waals surface area contributed by atoms with Gasteiger partial charge in [0.2, 0.25) is 0 Å². The van der Waals surface area contributed by atoms with Crippen molar-refractivity contribution in [1.29, 1.82) is 0 Å². The van der Waals surface area contributed by atoms with Crippen molar-refractivity contribution in [2.24, 2.45) is 0 Å². The van der Waals surface area contributed by atoms with Crippen LogP contribution in [0.4, 0.5) is 0 Å². The lowest BCUT2D eigenvalue weighted by Crippen LogP contribution is -1.96. The largest absolute Gasteiger partial charge is 0.0892 e. The highest BCUT2D eigenvalue weighted by Crippen LogP contribution is 2.30. The van der Waals surface area contributed by atoms with Crippen LogP contribution in [0.15, 0.2) is 69.3 Å². The quantitative estimate of drug-likeness (QED) is 0.458. The van der Waals surface area contributed by atoms with Gasteiger partial charge in [0.1, 0.15) is 0 Å². The molecule has 0 nitrogen and oxygen atoms in total. The van der Waals surface area contributed by atoms with Crippen LogP contribution in [0.3, 0.4) is 0 Å². The molecule has 0 saturated heterocycles. The third-order valence-corrected chi connectivity index (χ3v) is 5.16. The number of hydrogen-bond donors (Lipinski definition) is 0. The lowest BCUT2D eigenvalue weighted by molar-refractivity contribution is 1.06. The molecule has 24 heavy (non-hydrogen) atoms. The van der Waals surface area contributed by atoms with E-state index in [0.717, 1.165) is 17.9 Å². The minimum atomic E-state index is 0.864. The Balaban J connectivity index is 3.53. The van der Waals surface area contributed by atoms with Gasteiger partial charge in [-0.05, 0) is 80.9 Å². The maximum atomic E-state index is 6.23. The van der Waals surface area contributed by atoms with Gasteiger partial charge in [-0.1, -0.05) is 67.4 Å². The average Bonchev–Trinajstić information content (AvgIpc) is 2.60. The van der Waals surface area contributed by atoms with Crippen LogP contribution >= 0.6 is 11.6 Å². The molecule has 0 aliphatic carbocycles. The number of rotatable bonds is 6. The van der Waals surface area contributed by atoms with Crippen molar-refractivity contribution in [2.45, 2.75) is 61.3 Å². The fourth-order valence-electron chi connectivity index (χ4n) is 2.70. The topological polar surface area (TPSA) is 0 Å². The Morgan fingerprint density at radius 2 is 1.42 bits per heavy atom. The van der Waals surface area contributed by atoms with Crippen molar-refractivity contribution >= 4 is 17.2 Å². The molecular formula is C23H31Cl. The molecule has 0 fully saturated rings. The molecule has 0 aliphatic heterocycles. The van der Waals surface area contributed by atoms with Crippen LogP contribution in [0, 0.1) is 0 Å². The van der Waals surface area contributed by atoms with E-state index in [-0.39, 0.29) is 0 Å². The number of allylic oxidation sites excluding steroid dienone is 8. The van der Waals surface area contributed by atoms with Gasteiger partial charge in [-0.15, -0.1) is 0 Å². The highest BCUT2D eigenvalue weighted by Gasteiger charge is 2.10. The van der Waals surface area contributed by atoms with E-state index in [1.807, 2.05) is 6.92 Å². The average molecular weight is 343 g/mol. The van der Waals surface area contributed by atoms with Gasteiger partial charge in [0.05, 0.1) is 0 Å². The molecule has 0 aromatic heterocycles. The second-order valence-electron chi connectivity index (χ2n) is 6.35. The van der Waals surface area contributed by atoms with Crippen LogP contribution in [-0.2, 0) is 0 Å². The molecule has 1 rings (SSSR count). The monoisotopic (exact) mass is 342 g/mol. The summed E-state index contributed by atoms with van der Waals surface area (Å²) >= 11 is 6.23. The van der Waals surface area contributed by atoms with Crippen molar-refractivity contribution < 1.29 is 0 Å². The van der Waals surface area contributed by atoms with E-state index in [9.17, 15) is 0 Å². The normalized spacial score (nSPS) is 15.6. The molecule has 1 aromatic rings. The molecule has 1 aromatic carbocycles. The Bertz CT molecular complexity index is 678. The second-order valence-corrected chi connectivity index (χ2v) is 6.91. The second kappa shape index (κ2) is 9.69. The van der Waals surface area contributed by atoms with Crippen LogP contribution in [0.25, 0.3) is 5.57 Å². The van der Waals surface area contributed by atoms with Crippen LogP contribution in [-0.4, -0.2) is 0 Å². The molecule has 0 heterocycles. The summed E-state index contributed by atoms with van der Waals surface area (Å²) in [6.07, 6.45) is 4.43. The van der Waals surface area contributed by atoms with Gasteiger partial charge < -0.3 is 0 Å². The molecule has 0 atom stereocenters. The Morgan fingerprint density at radius 1 is 0.833 bits per heavy atom. The van der Waals surface area contributed by atoms with Gasteiger partial charge in [0.25, 0.3) is 0 Å². The molecule has 0 bridgehead atoms. The van der Waals surface area contributed by atoms with Gasteiger partial charge >= 0.3 is 0 Å². The predicted molar refractivity (Wildman–Crippen MR) is 110 cm³/mol. The van der Waals surface area contributed by atoms with E-state index in [1.165, 1.54) is 39.0 Å². The first-order valence-corrected chi connectivity index (χ1v) is 9.18. The summed E-state index contributed by atoms with van der Waals surface area (Å²) in [5, 5.41) is 0.864. The first-order valence-electron chi connectivity index (χ1n) is 8.80.